The fourth-order valence-electron chi connectivity index (χ4n) is 2.08. The lowest BCUT2D eigenvalue weighted by Gasteiger charge is -2.34. The molecule has 3 nitrogen and oxygen atoms in total. The van der Waals surface area contributed by atoms with Gasteiger partial charge >= 0.3 is 0 Å². The van der Waals surface area contributed by atoms with Gasteiger partial charge in [-0.15, -0.1) is 0 Å². The molecule has 0 radical (unpaired) electrons. The van der Waals surface area contributed by atoms with Crippen LogP contribution in [0, 0.1) is 5.92 Å². The molecule has 0 bridgehead atoms. The van der Waals surface area contributed by atoms with E-state index in [-0.39, 0.29) is 6.10 Å². The highest BCUT2D eigenvalue weighted by atomic mass is 16.5. The Morgan fingerprint density at radius 1 is 1.32 bits per heavy atom. The van der Waals surface area contributed by atoms with Crippen LogP contribution < -0.4 is 0 Å². The topological polar surface area (TPSA) is 21.7 Å². The SMILES string of the molecule is CC.CCCCOC[C@@H]1CN(CC(C)CC)CCO1. The van der Waals surface area contributed by atoms with Gasteiger partial charge in [0.2, 0.25) is 0 Å². The highest BCUT2D eigenvalue weighted by Gasteiger charge is 2.21. The Labute approximate surface area is 120 Å². The average molecular weight is 273 g/mol. The number of unbranched alkanes of at least 4 members (excludes halogenated alkanes) is 1. The van der Waals surface area contributed by atoms with Crippen LogP contribution in [0.2, 0.25) is 0 Å². The van der Waals surface area contributed by atoms with E-state index in [1.54, 1.807) is 0 Å². The van der Waals surface area contributed by atoms with Crippen LogP contribution in [0.4, 0.5) is 0 Å². The normalized spacial score (nSPS) is 21.6. The molecule has 2 atom stereocenters. The van der Waals surface area contributed by atoms with Gasteiger partial charge in [0.1, 0.15) is 0 Å². The van der Waals surface area contributed by atoms with E-state index in [9.17, 15) is 0 Å². The van der Waals surface area contributed by atoms with Crippen molar-refractivity contribution in [3.05, 3.63) is 0 Å². The molecule has 0 aromatic heterocycles. The van der Waals surface area contributed by atoms with Crippen LogP contribution in [-0.2, 0) is 9.47 Å². The highest BCUT2D eigenvalue weighted by Crippen LogP contribution is 2.10. The number of hydrogen-bond acceptors (Lipinski definition) is 3. The molecule has 0 N–H and O–H groups in total. The number of rotatable bonds is 8. The monoisotopic (exact) mass is 273 g/mol. The molecular formula is C16H35NO2. The Hall–Kier alpha value is -0.120. The number of morpholine rings is 1. The maximum absolute atomic E-state index is 5.74. The van der Waals surface area contributed by atoms with E-state index < -0.39 is 0 Å². The van der Waals surface area contributed by atoms with Crippen molar-refractivity contribution >= 4 is 0 Å². The summed E-state index contributed by atoms with van der Waals surface area (Å²) < 4.78 is 11.4. The first-order valence-electron chi connectivity index (χ1n) is 8.17. The Balaban J connectivity index is 0.00000154. The predicted molar refractivity (Wildman–Crippen MR) is 82.7 cm³/mol. The van der Waals surface area contributed by atoms with Crippen LogP contribution in [0.15, 0.2) is 0 Å². The Kier molecular flexibility index (Phi) is 12.8. The van der Waals surface area contributed by atoms with Gasteiger partial charge in [-0.3, -0.25) is 4.90 Å². The molecule has 1 aliphatic rings. The standard InChI is InChI=1S/C14H29NO2.C2H6/c1-4-6-8-16-12-14-11-15(7-9-17-14)10-13(3)5-2;1-2/h13-14H,4-12H2,1-3H3;1-2H3/t13?,14-;/m0./s1. The third-order valence-electron chi connectivity index (χ3n) is 3.44. The molecule has 3 heteroatoms. The zero-order valence-electron chi connectivity index (χ0n) is 13.8. The Morgan fingerprint density at radius 3 is 2.68 bits per heavy atom. The molecule has 0 aliphatic carbocycles. The molecule has 0 spiro atoms. The fraction of sp³-hybridized carbons (Fsp3) is 1.00. The van der Waals surface area contributed by atoms with Crippen molar-refractivity contribution in [3.8, 4) is 0 Å². The second-order valence-corrected chi connectivity index (χ2v) is 5.19. The second kappa shape index (κ2) is 12.9. The molecule has 0 saturated carbocycles. The van der Waals surface area contributed by atoms with Crippen molar-refractivity contribution in [2.75, 3.05) is 39.5 Å². The number of nitrogens with zero attached hydrogens (tertiary/aromatic N) is 1. The quantitative estimate of drug-likeness (QED) is 0.631. The van der Waals surface area contributed by atoms with Crippen LogP contribution >= 0.6 is 0 Å². The molecule has 19 heavy (non-hydrogen) atoms. The van der Waals surface area contributed by atoms with E-state index in [1.807, 2.05) is 13.8 Å². The Morgan fingerprint density at radius 2 is 2.05 bits per heavy atom. The maximum atomic E-state index is 5.74. The van der Waals surface area contributed by atoms with E-state index in [1.165, 1.54) is 19.4 Å². The van der Waals surface area contributed by atoms with Crippen molar-refractivity contribution < 1.29 is 9.47 Å². The lowest BCUT2D eigenvalue weighted by Crippen LogP contribution is -2.45. The average Bonchev–Trinajstić information content (AvgIpc) is 2.46. The lowest BCUT2D eigenvalue weighted by atomic mass is 10.1. The minimum atomic E-state index is 0.282. The molecule has 1 rings (SSSR count). The van der Waals surface area contributed by atoms with E-state index in [4.69, 9.17) is 9.47 Å². The van der Waals surface area contributed by atoms with Crippen LogP contribution in [0.25, 0.3) is 0 Å². The fourth-order valence-corrected chi connectivity index (χ4v) is 2.08. The van der Waals surface area contributed by atoms with Gasteiger partial charge in [-0.05, 0) is 12.3 Å². The van der Waals surface area contributed by atoms with E-state index in [0.29, 0.717) is 0 Å². The van der Waals surface area contributed by atoms with Gasteiger partial charge in [-0.25, -0.2) is 0 Å². The summed E-state index contributed by atoms with van der Waals surface area (Å²) in [5.74, 6) is 0.787. The summed E-state index contributed by atoms with van der Waals surface area (Å²) in [7, 11) is 0. The third-order valence-corrected chi connectivity index (χ3v) is 3.44. The Bertz CT molecular complexity index is 188. The summed E-state index contributed by atoms with van der Waals surface area (Å²) in [6.07, 6.45) is 3.90. The molecular weight excluding hydrogens is 238 g/mol. The first-order chi connectivity index (χ1) is 9.26. The largest absolute Gasteiger partial charge is 0.379 e. The van der Waals surface area contributed by atoms with Gasteiger partial charge in [-0.1, -0.05) is 47.5 Å². The zero-order valence-corrected chi connectivity index (χ0v) is 13.8. The summed E-state index contributed by atoms with van der Waals surface area (Å²) in [5, 5.41) is 0. The van der Waals surface area contributed by atoms with Gasteiger partial charge in [0, 0.05) is 26.2 Å². The van der Waals surface area contributed by atoms with Gasteiger partial charge in [0.15, 0.2) is 0 Å². The van der Waals surface area contributed by atoms with E-state index >= 15 is 0 Å². The van der Waals surface area contributed by atoms with Crippen molar-refractivity contribution in [3.63, 3.8) is 0 Å². The first kappa shape index (κ1) is 18.9. The van der Waals surface area contributed by atoms with Crippen molar-refractivity contribution in [2.45, 2.75) is 60.0 Å². The van der Waals surface area contributed by atoms with Crippen molar-refractivity contribution in [1.82, 2.24) is 4.90 Å². The minimum absolute atomic E-state index is 0.282. The smallest absolute Gasteiger partial charge is 0.0935 e. The van der Waals surface area contributed by atoms with Crippen molar-refractivity contribution in [1.29, 1.82) is 0 Å². The highest BCUT2D eigenvalue weighted by molar-refractivity contribution is 4.72. The van der Waals surface area contributed by atoms with Crippen molar-refractivity contribution in [2.24, 2.45) is 5.92 Å². The molecule has 1 unspecified atom stereocenters. The molecule has 1 fully saturated rings. The van der Waals surface area contributed by atoms with Gasteiger partial charge in [-0.2, -0.15) is 0 Å². The second-order valence-electron chi connectivity index (χ2n) is 5.19. The predicted octanol–water partition coefficient (Wildman–Crippen LogP) is 3.58. The van der Waals surface area contributed by atoms with Gasteiger partial charge in [0.25, 0.3) is 0 Å². The first-order valence-corrected chi connectivity index (χ1v) is 8.17. The zero-order chi connectivity index (χ0) is 14.5. The molecule has 1 saturated heterocycles. The molecule has 1 heterocycles. The third kappa shape index (κ3) is 9.42. The molecule has 0 aromatic carbocycles. The molecule has 1 aliphatic heterocycles. The summed E-state index contributed by atoms with van der Waals surface area (Å²) >= 11 is 0. The van der Waals surface area contributed by atoms with Gasteiger partial charge in [0.05, 0.1) is 19.3 Å². The number of hydrogen-bond donors (Lipinski definition) is 0. The number of ether oxygens (including phenoxy) is 2. The van der Waals surface area contributed by atoms with Crippen LogP contribution in [0.3, 0.4) is 0 Å². The lowest BCUT2D eigenvalue weighted by molar-refractivity contribution is -0.0717. The molecule has 116 valence electrons. The summed E-state index contributed by atoms with van der Waals surface area (Å²) in [6.45, 7) is 16.6. The minimum Gasteiger partial charge on any atom is -0.379 e. The van der Waals surface area contributed by atoms with Crippen LogP contribution in [0.5, 0.6) is 0 Å². The van der Waals surface area contributed by atoms with E-state index in [2.05, 4.69) is 25.7 Å². The summed E-state index contributed by atoms with van der Waals surface area (Å²) in [5.41, 5.74) is 0. The van der Waals surface area contributed by atoms with Crippen LogP contribution in [0.1, 0.15) is 53.9 Å². The molecule has 0 aromatic rings. The van der Waals surface area contributed by atoms with E-state index in [0.717, 1.165) is 45.2 Å². The molecule has 0 amide bonds. The maximum Gasteiger partial charge on any atom is 0.0935 e. The summed E-state index contributed by atoms with van der Waals surface area (Å²) in [6, 6.07) is 0. The van der Waals surface area contributed by atoms with Gasteiger partial charge < -0.3 is 9.47 Å². The summed E-state index contributed by atoms with van der Waals surface area (Å²) in [4.78, 5) is 2.52. The van der Waals surface area contributed by atoms with Crippen LogP contribution in [-0.4, -0.2) is 50.5 Å².